The number of anilines is 2. The standard InChI is InChI=1S/C23H30N4O3/c1-17-8-10-19(11-9-17)24-22(29)16-25(3)23(30)18(2)26-12-14-27(15-13-26)20-6-4-5-7-21(20)28/h4-11,18,28H,12-16H2,1-3H3,(H,24,29)/t18-/m1/s1. The number of carbonyl (C=O) groups is 2. The Bertz CT molecular complexity index is 876. The number of nitrogens with zero attached hydrogens (tertiary/aromatic N) is 3. The van der Waals surface area contributed by atoms with Crippen LogP contribution in [-0.2, 0) is 9.59 Å². The van der Waals surface area contributed by atoms with Crippen molar-refractivity contribution < 1.29 is 14.7 Å². The summed E-state index contributed by atoms with van der Waals surface area (Å²) >= 11 is 0. The molecule has 0 unspecified atom stereocenters. The third kappa shape index (κ3) is 5.30. The number of phenolic OH excluding ortho intramolecular Hbond substituents is 1. The van der Waals surface area contributed by atoms with E-state index in [1.54, 1.807) is 19.2 Å². The zero-order valence-corrected chi connectivity index (χ0v) is 17.8. The Hall–Kier alpha value is -3.06. The van der Waals surface area contributed by atoms with Crippen LogP contribution in [0, 0.1) is 6.92 Å². The van der Waals surface area contributed by atoms with Crippen LogP contribution in [0.4, 0.5) is 11.4 Å². The zero-order valence-electron chi connectivity index (χ0n) is 17.8. The molecular formula is C23H30N4O3. The second-order valence-corrected chi connectivity index (χ2v) is 7.80. The number of rotatable bonds is 6. The number of hydrogen-bond acceptors (Lipinski definition) is 5. The molecule has 0 bridgehead atoms. The molecule has 7 heteroatoms. The molecule has 1 heterocycles. The van der Waals surface area contributed by atoms with Gasteiger partial charge in [-0.25, -0.2) is 0 Å². The molecule has 2 amide bonds. The first-order chi connectivity index (χ1) is 14.3. The fourth-order valence-corrected chi connectivity index (χ4v) is 3.69. The Kier molecular flexibility index (Phi) is 6.95. The molecule has 160 valence electrons. The lowest BCUT2D eigenvalue weighted by atomic mass is 10.2. The largest absolute Gasteiger partial charge is 0.506 e. The number of amides is 2. The first kappa shape index (κ1) is 21.6. The number of hydrogen-bond donors (Lipinski definition) is 2. The van der Waals surface area contributed by atoms with Gasteiger partial charge in [-0.1, -0.05) is 29.8 Å². The van der Waals surface area contributed by atoms with Crippen LogP contribution >= 0.6 is 0 Å². The van der Waals surface area contributed by atoms with E-state index in [-0.39, 0.29) is 30.2 Å². The van der Waals surface area contributed by atoms with E-state index >= 15 is 0 Å². The Balaban J connectivity index is 1.49. The summed E-state index contributed by atoms with van der Waals surface area (Å²) in [6.45, 7) is 6.76. The van der Waals surface area contributed by atoms with Gasteiger partial charge in [0.15, 0.2) is 0 Å². The van der Waals surface area contributed by atoms with Gasteiger partial charge in [-0.05, 0) is 38.1 Å². The number of nitrogens with one attached hydrogen (secondary N) is 1. The van der Waals surface area contributed by atoms with Gasteiger partial charge in [0.25, 0.3) is 0 Å². The van der Waals surface area contributed by atoms with Gasteiger partial charge in [0.1, 0.15) is 5.75 Å². The maximum Gasteiger partial charge on any atom is 0.243 e. The minimum absolute atomic E-state index is 0.00883. The number of aryl methyl sites for hydroxylation is 1. The number of likely N-dealkylation sites (N-methyl/N-ethyl adjacent to an activating group) is 1. The van der Waals surface area contributed by atoms with Gasteiger partial charge in [0.2, 0.25) is 11.8 Å². The number of para-hydroxylation sites is 2. The van der Waals surface area contributed by atoms with Crippen molar-refractivity contribution in [3.63, 3.8) is 0 Å². The number of piperazine rings is 1. The molecule has 0 aliphatic carbocycles. The highest BCUT2D eigenvalue weighted by molar-refractivity contribution is 5.95. The van der Waals surface area contributed by atoms with Gasteiger partial charge in [-0.3, -0.25) is 14.5 Å². The maximum atomic E-state index is 12.8. The van der Waals surface area contributed by atoms with E-state index in [0.717, 1.165) is 30.0 Å². The summed E-state index contributed by atoms with van der Waals surface area (Å²) in [5.74, 6) is -0.0225. The van der Waals surface area contributed by atoms with Crippen LogP contribution in [0.25, 0.3) is 0 Å². The molecule has 2 N–H and O–H groups in total. The lowest BCUT2D eigenvalue weighted by Crippen LogP contribution is -2.54. The normalized spacial score (nSPS) is 15.5. The van der Waals surface area contributed by atoms with Gasteiger partial charge in [0.05, 0.1) is 18.3 Å². The van der Waals surface area contributed by atoms with Gasteiger partial charge in [-0.15, -0.1) is 0 Å². The second-order valence-electron chi connectivity index (χ2n) is 7.80. The molecule has 0 spiro atoms. The zero-order chi connectivity index (χ0) is 21.7. The van der Waals surface area contributed by atoms with Gasteiger partial charge >= 0.3 is 0 Å². The highest BCUT2D eigenvalue weighted by Gasteiger charge is 2.28. The molecule has 1 atom stereocenters. The first-order valence-electron chi connectivity index (χ1n) is 10.2. The van der Waals surface area contributed by atoms with E-state index in [0.29, 0.717) is 13.1 Å². The summed E-state index contributed by atoms with van der Waals surface area (Å²) < 4.78 is 0. The van der Waals surface area contributed by atoms with Crippen molar-refractivity contribution >= 4 is 23.2 Å². The molecule has 2 aromatic carbocycles. The molecular weight excluding hydrogens is 380 g/mol. The van der Waals surface area contributed by atoms with Crippen molar-refractivity contribution in [2.75, 3.05) is 50.0 Å². The monoisotopic (exact) mass is 410 g/mol. The number of phenols is 1. The maximum absolute atomic E-state index is 12.8. The summed E-state index contributed by atoms with van der Waals surface area (Å²) in [4.78, 5) is 30.8. The number of carbonyl (C=O) groups excluding carboxylic acids is 2. The predicted octanol–water partition coefficient (Wildman–Crippen LogP) is 2.31. The predicted molar refractivity (Wildman–Crippen MR) is 119 cm³/mol. The average molecular weight is 411 g/mol. The van der Waals surface area contributed by atoms with Crippen LogP contribution in [0.5, 0.6) is 5.75 Å². The number of benzene rings is 2. The third-order valence-electron chi connectivity index (χ3n) is 5.53. The fourth-order valence-electron chi connectivity index (χ4n) is 3.69. The van der Waals surface area contributed by atoms with Crippen molar-refractivity contribution in [1.82, 2.24) is 9.80 Å². The van der Waals surface area contributed by atoms with Gasteiger partial charge in [0, 0.05) is 38.9 Å². The van der Waals surface area contributed by atoms with Crippen LogP contribution < -0.4 is 10.2 Å². The molecule has 2 aromatic rings. The average Bonchev–Trinajstić information content (AvgIpc) is 2.74. The lowest BCUT2D eigenvalue weighted by Gasteiger charge is -2.39. The van der Waals surface area contributed by atoms with Crippen LogP contribution in [0.1, 0.15) is 12.5 Å². The molecule has 1 aliphatic heterocycles. The minimum atomic E-state index is -0.311. The molecule has 1 saturated heterocycles. The molecule has 0 saturated carbocycles. The summed E-state index contributed by atoms with van der Waals surface area (Å²) in [6.07, 6.45) is 0. The van der Waals surface area contributed by atoms with Crippen molar-refractivity contribution in [2.24, 2.45) is 0 Å². The van der Waals surface area contributed by atoms with E-state index in [9.17, 15) is 14.7 Å². The van der Waals surface area contributed by atoms with Crippen LogP contribution in [0.3, 0.4) is 0 Å². The van der Waals surface area contributed by atoms with E-state index in [1.807, 2.05) is 50.2 Å². The molecule has 30 heavy (non-hydrogen) atoms. The molecule has 1 fully saturated rings. The SMILES string of the molecule is Cc1ccc(NC(=O)CN(C)C(=O)[C@@H](C)N2CCN(c3ccccc3O)CC2)cc1. The van der Waals surface area contributed by atoms with Gasteiger partial charge < -0.3 is 20.2 Å². The Morgan fingerprint density at radius 1 is 1.07 bits per heavy atom. The van der Waals surface area contributed by atoms with E-state index < -0.39 is 0 Å². The van der Waals surface area contributed by atoms with E-state index in [4.69, 9.17) is 0 Å². The molecule has 3 rings (SSSR count). The van der Waals surface area contributed by atoms with Gasteiger partial charge in [-0.2, -0.15) is 0 Å². The topological polar surface area (TPSA) is 76.1 Å². The summed E-state index contributed by atoms with van der Waals surface area (Å²) in [6, 6.07) is 14.6. The molecule has 0 aromatic heterocycles. The Labute approximate surface area is 177 Å². The first-order valence-corrected chi connectivity index (χ1v) is 10.2. The second kappa shape index (κ2) is 9.63. The Morgan fingerprint density at radius 3 is 2.33 bits per heavy atom. The lowest BCUT2D eigenvalue weighted by molar-refractivity contribution is -0.137. The van der Waals surface area contributed by atoms with Crippen molar-refractivity contribution in [2.45, 2.75) is 19.9 Å². The smallest absolute Gasteiger partial charge is 0.243 e. The fraction of sp³-hybridized carbons (Fsp3) is 0.391. The molecule has 1 aliphatic rings. The summed E-state index contributed by atoms with van der Waals surface area (Å²) in [7, 11) is 1.66. The Morgan fingerprint density at radius 2 is 1.70 bits per heavy atom. The number of aromatic hydroxyl groups is 1. The van der Waals surface area contributed by atoms with Crippen molar-refractivity contribution in [1.29, 1.82) is 0 Å². The summed E-state index contributed by atoms with van der Waals surface area (Å²) in [5.41, 5.74) is 2.66. The van der Waals surface area contributed by atoms with Crippen molar-refractivity contribution in [3.05, 3.63) is 54.1 Å². The van der Waals surface area contributed by atoms with Crippen LogP contribution in [-0.4, -0.2) is 72.5 Å². The van der Waals surface area contributed by atoms with Crippen LogP contribution in [0.15, 0.2) is 48.5 Å². The van der Waals surface area contributed by atoms with E-state index in [1.165, 1.54) is 4.90 Å². The highest BCUT2D eigenvalue weighted by atomic mass is 16.3. The van der Waals surface area contributed by atoms with Crippen molar-refractivity contribution in [3.8, 4) is 5.75 Å². The molecule has 7 nitrogen and oxygen atoms in total. The molecule has 0 radical (unpaired) electrons. The van der Waals surface area contributed by atoms with Crippen LogP contribution in [0.2, 0.25) is 0 Å². The summed E-state index contributed by atoms with van der Waals surface area (Å²) in [5, 5.41) is 12.9. The third-order valence-corrected chi connectivity index (χ3v) is 5.53. The van der Waals surface area contributed by atoms with E-state index in [2.05, 4.69) is 15.1 Å². The minimum Gasteiger partial charge on any atom is -0.506 e. The highest BCUT2D eigenvalue weighted by Crippen LogP contribution is 2.27. The quantitative estimate of drug-likeness (QED) is 0.764.